The van der Waals surface area contributed by atoms with Crippen LogP contribution in [0.15, 0.2) is 24.3 Å². The minimum atomic E-state index is -0.0983. The van der Waals surface area contributed by atoms with Crippen molar-refractivity contribution in [2.24, 2.45) is 0 Å². The van der Waals surface area contributed by atoms with Gasteiger partial charge in [0, 0.05) is 0 Å². The van der Waals surface area contributed by atoms with E-state index in [9.17, 15) is 4.79 Å². The SMILES string of the molecule is Cc1ccc(C2COC2=O)cc1. The van der Waals surface area contributed by atoms with Gasteiger partial charge in [0.2, 0.25) is 0 Å². The molecule has 1 unspecified atom stereocenters. The number of benzene rings is 1. The molecule has 0 amide bonds. The number of hydrogen-bond acceptors (Lipinski definition) is 2. The summed E-state index contributed by atoms with van der Waals surface area (Å²) < 4.78 is 4.69. The number of ether oxygens (including phenoxy) is 1. The molecule has 1 aliphatic heterocycles. The largest absolute Gasteiger partial charge is 0.464 e. The highest BCUT2D eigenvalue weighted by atomic mass is 16.6. The van der Waals surface area contributed by atoms with E-state index in [1.165, 1.54) is 5.56 Å². The molecule has 0 aliphatic carbocycles. The van der Waals surface area contributed by atoms with E-state index >= 15 is 0 Å². The Morgan fingerprint density at radius 3 is 2.42 bits per heavy atom. The smallest absolute Gasteiger partial charge is 0.316 e. The molecule has 0 saturated carbocycles. The van der Waals surface area contributed by atoms with Crippen LogP contribution in [0.2, 0.25) is 0 Å². The van der Waals surface area contributed by atoms with E-state index in [1.807, 2.05) is 31.2 Å². The summed E-state index contributed by atoms with van der Waals surface area (Å²) in [4.78, 5) is 10.9. The molecule has 12 heavy (non-hydrogen) atoms. The van der Waals surface area contributed by atoms with Crippen LogP contribution in [-0.2, 0) is 9.53 Å². The third-order valence-corrected chi connectivity index (χ3v) is 2.16. The third kappa shape index (κ3) is 1.09. The molecular formula is C10H10O2. The van der Waals surface area contributed by atoms with Crippen LogP contribution in [0.4, 0.5) is 0 Å². The van der Waals surface area contributed by atoms with Gasteiger partial charge < -0.3 is 4.74 Å². The highest BCUT2D eigenvalue weighted by molar-refractivity contribution is 5.82. The van der Waals surface area contributed by atoms with Crippen LogP contribution in [0.25, 0.3) is 0 Å². The highest BCUT2D eigenvalue weighted by Gasteiger charge is 2.31. The van der Waals surface area contributed by atoms with Crippen LogP contribution in [0.3, 0.4) is 0 Å². The summed E-state index contributed by atoms with van der Waals surface area (Å²) in [7, 11) is 0. The first-order chi connectivity index (χ1) is 5.77. The highest BCUT2D eigenvalue weighted by Crippen LogP contribution is 2.25. The molecule has 1 heterocycles. The maximum Gasteiger partial charge on any atom is 0.316 e. The Labute approximate surface area is 71.2 Å². The van der Waals surface area contributed by atoms with Gasteiger partial charge in [-0.2, -0.15) is 0 Å². The van der Waals surface area contributed by atoms with E-state index in [0.717, 1.165) is 5.56 Å². The van der Waals surface area contributed by atoms with E-state index < -0.39 is 0 Å². The lowest BCUT2D eigenvalue weighted by atomic mass is 9.96. The maximum atomic E-state index is 10.9. The van der Waals surface area contributed by atoms with Gasteiger partial charge in [-0.25, -0.2) is 0 Å². The van der Waals surface area contributed by atoms with Crippen LogP contribution in [0.1, 0.15) is 17.0 Å². The van der Waals surface area contributed by atoms with E-state index in [4.69, 9.17) is 0 Å². The van der Waals surface area contributed by atoms with Crippen LogP contribution in [-0.4, -0.2) is 12.6 Å². The lowest BCUT2D eigenvalue weighted by molar-refractivity contribution is -0.161. The fourth-order valence-electron chi connectivity index (χ4n) is 1.27. The Hall–Kier alpha value is -1.31. The summed E-state index contributed by atoms with van der Waals surface area (Å²) in [5, 5.41) is 0. The number of esters is 1. The van der Waals surface area contributed by atoms with Gasteiger partial charge in [-0.05, 0) is 12.5 Å². The zero-order chi connectivity index (χ0) is 8.55. The average molecular weight is 162 g/mol. The lowest BCUT2D eigenvalue weighted by Crippen LogP contribution is -2.32. The summed E-state index contributed by atoms with van der Waals surface area (Å²) >= 11 is 0. The predicted octanol–water partition coefficient (Wildman–Crippen LogP) is 1.64. The first-order valence-electron chi connectivity index (χ1n) is 4.00. The predicted molar refractivity (Wildman–Crippen MR) is 44.9 cm³/mol. The van der Waals surface area contributed by atoms with E-state index in [-0.39, 0.29) is 11.9 Å². The molecule has 1 aliphatic rings. The van der Waals surface area contributed by atoms with Gasteiger partial charge in [0.25, 0.3) is 0 Å². The third-order valence-electron chi connectivity index (χ3n) is 2.16. The summed E-state index contributed by atoms with van der Waals surface area (Å²) in [6.45, 7) is 2.57. The van der Waals surface area contributed by atoms with Gasteiger partial charge in [-0.15, -0.1) is 0 Å². The number of cyclic esters (lactones) is 1. The van der Waals surface area contributed by atoms with Gasteiger partial charge >= 0.3 is 5.97 Å². The molecule has 0 aromatic heterocycles. The second kappa shape index (κ2) is 2.63. The number of carbonyl (C=O) groups is 1. The number of aryl methyl sites for hydroxylation is 1. The molecule has 1 fully saturated rings. The normalized spacial score (nSPS) is 21.4. The second-order valence-electron chi connectivity index (χ2n) is 3.09. The van der Waals surface area contributed by atoms with Gasteiger partial charge in [-0.1, -0.05) is 29.8 Å². The van der Waals surface area contributed by atoms with Crippen LogP contribution in [0.5, 0.6) is 0 Å². The molecule has 2 nitrogen and oxygen atoms in total. The van der Waals surface area contributed by atoms with E-state index in [2.05, 4.69) is 4.74 Å². The molecule has 0 bridgehead atoms. The van der Waals surface area contributed by atoms with E-state index in [0.29, 0.717) is 6.61 Å². The Morgan fingerprint density at radius 2 is 2.00 bits per heavy atom. The fourth-order valence-corrected chi connectivity index (χ4v) is 1.27. The Balaban J connectivity index is 2.23. The maximum absolute atomic E-state index is 10.9. The number of carbonyl (C=O) groups excluding carboxylic acids is 1. The molecule has 1 saturated heterocycles. The van der Waals surface area contributed by atoms with Crippen molar-refractivity contribution in [2.75, 3.05) is 6.61 Å². The average Bonchev–Trinajstić information content (AvgIpc) is 2.06. The lowest BCUT2D eigenvalue weighted by Gasteiger charge is -2.24. The van der Waals surface area contributed by atoms with Crippen molar-refractivity contribution in [3.8, 4) is 0 Å². The molecular weight excluding hydrogens is 152 g/mol. The van der Waals surface area contributed by atoms with Gasteiger partial charge in [-0.3, -0.25) is 4.79 Å². The number of hydrogen-bond donors (Lipinski definition) is 0. The van der Waals surface area contributed by atoms with Crippen LogP contribution < -0.4 is 0 Å². The van der Waals surface area contributed by atoms with Crippen molar-refractivity contribution in [2.45, 2.75) is 12.8 Å². The van der Waals surface area contributed by atoms with Crippen molar-refractivity contribution in [1.82, 2.24) is 0 Å². The standard InChI is InChI=1S/C10H10O2/c1-7-2-4-8(5-3-7)9-6-12-10(9)11/h2-5,9H,6H2,1H3. The van der Waals surface area contributed by atoms with Crippen molar-refractivity contribution in [1.29, 1.82) is 0 Å². The molecule has 1 aromatic carbocycles. The molecule has 1 atom stereocenters. The van der Waals surface area contributed by atoms with Gasteiger partial charge in [0.15, 0.2) is 0 Å². The molecule has 0 radical (unpaired) electrons. The quantitative estimate of drug-likeness (QED) is 0.587. The summed E-state index contributed by atoms with van der Waals surface area (Å²) in [5.41, 5.74) is 2.28. The monoisotopic (exact) mass is 162 g/mol. The Kier molecular flexibility index (Phi) is 1.61. The Bertz CT molecular complexity index is 300. The minimum absolute atomic E-state index is 0.00870. The topological polar surface area (TPSA) is 26.3 Å². The molecule has 0 spiro atoms. The van der Waals surface area contributed by atoms with Gasteiger partial charge in [0.1, 0.15) is 12.5 Å². The fraction of sp³-hybridized carbons (Fsp3) is 0.300. The molecule has 2 heteroatoms. The van der Waals surface area contributed by atoms with Gasteiger partial charge in [0.05, 0.1) is 0 Å². The van der Waals surface area contributed by atoms with Crippen molar-refractivity contribution in [3.63, 3.8) is 0 Å². The molecule has 1 aromatic rings. The summed E-state index contributed by atoms with van der Waals surface area (Å²) in [6.07, 6.45) is 0. The van der Waals surface area contributed by atoms with Crippen molar-refractivity contribution in [3.05, 3.63) is 35.4 Å². The first kappa shape index (κ1) is 7.35. The van der Waals surface area contributed by atoms with Crippen LogP contribution in [0, 0.1) is 6.92 Å². The zero-order valence-corrected chi connectivity index (χ0v) is 6.91. The summed E-state index contributed by atoms with van der Waals surface area (Å²) in [6, 6.07) is 8.00. The Morgan fingerprint density at radius 1 is 1.33 bits per heavy atom. The minimum Gasteiger partial charge on any atom is -0.464 e. The molecule has 0 N–H and O–H groups in total. The van der Waals surface area contributed by atoms with Crippen molar-refractivity contribution >= 4 is 5.97 Å². The van der Waals surface area contributed by atoms with E-state index in [1.54, 1.807) is 0 Å². The number of rotatable bonds is 1. The molecule has 2 rings (SSSR count). The van der Waals surface area contributed by atoms with Crippen molar-refractivity contribution < 1.29 is 9.53 Å². The molecule has 62 valence electrons. The second-order valence-corrected chi connectivity index (χ2v) is 3.09. The van der Waals surface area contributed by atoms with Crippen LogP contribution >= 0.6 is 0 Å². The first-order valence-corrected chi connectivity index (χ1v) is 4.00. The zero-order valence-electron chi connectivity index (χ0n) is 6.91. The summed E-state index contributed by atoms with van der Waals surface area (Å²) in [5.74, 6) is -0.107.